The lowest BCUT2D eigenvalue weighted by atomic mass is 10.1. The fraction of sp³-hybridized carbons (Fsp3) is 0.375. The van der Waals surface area contributed by atoms with E-state index < -0.39 is 5.54 Å². The molecule has 0 unspecified atom stereocenters. The van der Waals surface area contributed by atoms with Crippen LogP contribution in [-0.4, -0.2) is 47.0 Å². The number of benzene rings is 2. The molecule has 1 heterocycles. The maximum Gasteiger partial charge on any atom is 0.240 e. The molecule has 174 valence electrons. The average molecular weight is 563 g/mol. The van der Waals surface area contributed by atoms with Gasteiger partial charge in [0.25, 0.3) is 0 Å². The van der Waals surface area contributed by atoms with Gasteiger partial charge >= 0.3 is 0 Å². The van der Waals surface area contributed by atoms with Crippen LogP contribution in [0.2, 0.25) is 0 Å². The highest BCUT2D eigenvalue weighted by molar-refractivity contribution is 14.1. The van der Waals surface area contributed by atoms with E-state index in [1.165, 1.54) is 6.33 Å². The van der Waals surface area contributed by atoms with E-state index in [2.05, 4.69) is 55.0 Å². The normalized spacial score (nSPS) is 14.4. The van der Waals surface area contributed by atoms with E-state index in [1.54, 1.807) is 26.3 Å². The smallest absolute Gasteiger partial charge is 0.240 e. The summed E-state index contributed by atoms with van der Waals surface area (Å²) >= 11 is 2.15. The van der Waals surface area contributed by atoms with Crippen molar-refractivity contribution in [2.75, 3.05) is 26.0 Å². The number of likely N-dealkylation sites (N-methyl/N-ethyl adjacent to an activating group) is 2. The first-order chi connectivity index (χ1) is 16.0. The maximum atomic E-state index is 14.8. The van der Waals surface area contributed by atoms with Gasteiger partial charge in [-0.1, -0.05) is 41.6 Å². The van der Waals surface area contributed by atoms with Gasteiger partial charge < -0.3 is 15.4 Å². The Bertz CT molecular complexity index is 1180. The van der Waals surface area contributed by atoms with E-state index in [9.17, 15) is 9.18 Å². The second-order valence-corrected chi connectivity index (χ2v) is 8.83. The number of aromatic nitrogens is 2. The molecule has 1 saturated carbocycles. The lowest BCUT2D eigenvalue weighted by Gasteiger charge is -2.30. The molecule has 9 heteroatoms. The highest BCUT2D eigenvalue weighted by Gasteiger charge is 2.53. The fourth-order valence-electron chi connectivity index (χ4n) is 4.26. The molecule has 0 saturated heterocycles. The Balaban J connectivity index is 1.73. The van der Waals surface area contributed by atoms with Crippen molar-refractivity contribution in [3.05, 3.63) is 53.6 Å². The van der Waals surface area contributed by atoms with Crippen molar-refractivity contribution in [3.63, 3.8) is 0 Å². The van der Waals surface area contributed by atoms with Crippen LogP contribution in [0.15, 0.2) is 36.7 Å². The zero-order valence-electron chi connectivity index (χ0n) is 18.9. The van der Waals surface area contributed by atoms with Gasteiger partial charge in [-0.15, -0.1) is 0 Å². The molecule has 4 rings (SSSR count). The van der Waals surface area contributed by atoms with Crippen LogP contribution in [0.5, 0.6) is 5.75 Å². The molecular weight excluding hydrogens is 536 g/mol. The Hall–Kier alpha value is -2.53. The summed E-state index contributed by atoms with van der Waals surface area (Å²) in [5, 5.41) is 6.70. The highest BCUT2D eigenvalue weighted by atomic mass is 127. The van der Waals surface area contributed by atoms with Gasteiger partial charge in [0, 0.05) is 35.0 Å². The Labute approximate surface area is 206 Å². The number of hydrogen-bond donors (Lipinski definition) is 2. The molecule has 2 N–H and O–H groups in total. The first-order valence-electron chi connectivity index (χ1n) is 10.9. The summed E-state index contributed by atoms with van der Waals surface area (Å²) in [7, 11) is 3.30. The monoisotopic (exact) mass is 563 g/mol. The Morgan fingerprint density at radius 2 is 2.06 bits per heavy atom. The molecule has 0 atom stereocenters. The Kier molecular flexibility index (Phi) is 6.99. The molecule has 2 aromatic carbocycles. The minimum atomic E-state index is -0.471. The van der Waals surface area contributed by atoms with Gasteiger partial charge in [0.15, 0.2) is 5.82 Å². The fourth-order valence-corrected chi connectivity index (χ4v) is 4.85. The SMILES string of the molecule is CCN(Cc1cc2c(Nc3cccc(CI)c3F)ncnc2cc1OC)C1(C(=O)NC)CC1. The van der Waals surface area contributed by atoms with E-state index in [4.69, 9.17) is 4.74 Å². The van der Waals surface area contributed by atoms with Crippen LogP contribution in [0.4, 0.5) is 15.9 Å². The van der Waals surface area contributed by atoms with Crippen molar-refractivity contribution in [1.82, 2.24) is 20.2 Å². The number of carbonyl (C=O) groups excluding carboxylic acids is 1. The molecule has 0 spiro atoms. The van der Waals surface area contributed by atoms with Gasteiger partial charge in [-0.05, 0) is 37.1 Å². The number of amides is 1. The van der Waals surface area contributed by atoms with Crippen LogP contribution >= 0.6 is 22.6 Å². The molecule has 1 aromatic heterocycles. The summed E-state index contributed by atoms with van der Waals surface area (Å²) < 4.78 is 21.1. The summed E-state index contributed by atoms with van der Waals surface area (Å²) in [6, 6.07) is 9.13. The maximum absolute atomic E-state index is 14.8. The predicted molar refractivity (Wildman–Crippen MR) is 136 cm³/mol. The Morgan fingerprint density at radius 1 is 1.27 bits per heavy atom. The third-order valence-corrected chi connectivity index (χ3v) is 7.06. The number of nitrogens with zero attached hydrogens (tertiary/aromatic N) is 3. The minimum absolute atomic E-state index is 0.0421. The summed E-state index contributed by atoms with van der Waals surface area (Å²) in [5.41, 5.74) is 2.13. The van der Waals surface area contributed by atoms with Crippen molar-refractivity contribution >= 4 is 50.9 Å². The lowest BCUT2D eigenvalue weighted by molar-refractivity contribution is -0.127. The number of anilines is 2. The van der Waals surface area contributed by atoms with Gasteiger partial charge in [0.05, 0.1) is 18.3 Å². The van der Waals surface area contributed by atoms with Crippen LogP contribution in [0, 0.1) is 5.82 Å². The van der Waals surface area contributed by atoms with E-state index in [-0.39, 0.29) is 11.7 Å². The molecule has 1 amide bonds. The number of ether oxygens (including phenoxy) is 1. The quantitative estimate of drug-likeness (QED) is 0.294. The minimum Gasteiger partial charge on any atom is -0.496 e. The predicted octanol–water partition coefficient (Wildman–Crippen LogP) is 4.56. The number of halogens is 2. The van der Waals surface area contributed by atoms with E-state index in [0.29, 0.717) is 39.3 Å². The third-order valence-electron chi connectivity index (χ3n) is 6.23. The van der Waals surface area contributed by atoms with Crippen LogP contribution in [0.25, 0.3) is 10.9 Å². The number of hydrogen-bond acceptors (Lipinski definition) is 6. The molecule has 1 aliphatic rings. The largest absolute Gasteiger partial charge is 0.496 e. The number of fused-ring (bicyclic) bond motifs is 1. The summed E-state index contributed by atoms with van der Waals surface area (Å²) in [5.74, 6) is 0.964. The van der Waals surface area contributed by atoms with Crippen LogP contribution < -0.4 is 15.4 Å². The van der Waals surface area contributed by atoms with E-state index in [0.717, 1.165) is 30.3 Å². The average Bonchev–Trinajstić information content (AvgIpc) is 3.65. The first-order valence-corrected chi connectivity index (χ1v) is 12.4. The first kappa shape index (κ1) is 23.6. The number of nitrogens with one attached hydrogen (secondary N) is 2. The molecule has 0 aliphatic heterocycles. The molecule has 0 radical (unpaired) electrons. The lowest BCUT2D eigenvalue weighted by Crippen LogP contribution is -2.47. The van der Waals surface area contributed by atoms with Gasteiger partial charge in [-0.3, -0.25) is 9.69 Å². The number of carbonyl (C=O) groups is 1. The van der Waals surface area contributed by atoms with Crippen LogP contribution in [0.3, 0.4) is 0 Å². The molecule has 0 bridgehead atoms. The van der Waals surface area contributed by atoms with E-state index in [1.807, 2.05) is 18.2 Å². The number of methoxy groups -OCH3 is 1. The molecule has 1 aliphatic carbocycles. The Morgan fingerprint density at radius 3 is 2.70 bits per heavy atom. The molecule has 33 heavy (non-hydrogen) atoms. The van der Waals surface area contributed by atoms with Crippen LogP contribution in [0.1, 0.15) is 30.9 Å². The second kappa shape index (κ2) is 9.76. The highest BCUT2D eigenvalue weighted by Crippen LogP contribution is 2.43. The second-order valence-electron chi connectivity index (χ2n) is 8.07. The molecule has 3 aromatic rings. The standard InChI is InChI=1S/C24H27FIN5O2/c1-4-31(24(8-9-24)23(32)27-2)13-16-10-17-19(11-20(16)33-3)28-14-29-22(17)30-18-7-5-6-15(12-26)21(18)25/h5-7,10-11,14H,4,8-9,12-13H2,1-3H3,(H,27,32)(H,28,29,30). The summed E-state index contributed by atoms with van der Waals surface area (Å²) in [4.78, 5) is 23.5. The van der Waals surface area contributed by atoms with Crippen LogP contribution in [-0.2, 0) is 15.8 Å². The third kappa shape index (κ3) is 4.48. The van der Waals surface area contributed by atoms with Gasteiger partial charge in [0.2, 0.25) is 5.91 Å². The number of alkyl halides is 1. The number of rotatable bonds is 9. The van der Waals surface area contributed by atoms with Crippen molar-refractivity contribution in [3.8, 4) is 5.75 Å². The molecular formula is C24H27FIN5O2. The topological polar surface area (TPSA) is 79.4 Å². The van der Waals surface area contributed by atoms with Crippen molar-refractivity contribution in [2.24, 2.45) is 0 Å². The summed E-state index contributed by atoms with van der Waals surface area (Å²) in [6.45, 7) is 3.31. The van der Waals surface area contributed by atoms with Gasteiger partial charge in [-0.25, -0.2) is 14.4 Å². The van der Waals surface area contributed by atoms with Crippen molar-refractivity contribution in [2.45, 2.75) is 36.3 Å². The zero-order valence-corrected chi connectivity index (χ0v) is 21.1. The summed E-state index contributed by atoms with van der Waals surface area (Å²) in [6.07, 6.45) is 3.12. The van der Waals surface area contributed by atoms with Gasteiger partial charge in [0.1, 0.15) is 23.4 Å². The van der Waals surface area contributed by atoms with Crippen molar-refractivity contribution in [1.29, 1.82) is 0 Å². The molecule has 7 nitrogen and oxygen atoms in total. The van der Waals surface area contributed by atoms with Gasteiger partial charge in [-0.2, -0.15) is 0 Å². The molecule has 1 fully saturated rings. The zero-order chi connectivity index (χ0) is 23.6. The van der Waals surface area contributed by atoms with E-state index >= 15 is 0 Å². The van der Waals surface area contributed by atoms with Crippen molar-refractivity contribution < 1.29 is 13.9 Å².